The van der Waals surface area contributed by atoms with Gasteiger partial charge in [0, 0.05) is 19.1 Å². The molecule has 0 radical (unpaired) electrons. The van der Waals surface area contributed by atoms with E-state index in [0.717, 1.165) is 11.4 Å². The minimum absolute atomic E-state index is 0.0715. The fraction of sp³-hybridized carbons (Fsp3) is 0.538. The zero-order valence-corrected chi connectivity index (χ0v) is 12.1. The maximum atomic E-state index is 12.0. The monoisotopic (exact) mass is 279 g/mol. The van der Waals surface area contributed by atoms with Gasteiger partial charge in [-0.05, 0) is 11.8 Å². The lowest BCUT2D eigenvalue weighted by Crippen LogP contribution is -2.26. The highest BCUT2D eigenvalue weighted by atomic mass is 32.1. The van der Waals surface area contributed by atoms with Crippen molar-refractivity contribution in [1.29, 1.82) is 0 Å². The molecule has 102 valence electrons. The van der Waals surface area contributed by atoms with Gasteiger partial charge in [0.25, 0.3) is 0 Å². The Balaban J connectivity index is 2.20. The molecule has 1 aliphatic carbocycles. The second-order valence-electron chi connectivity index (χ2n) is 5.39. The number of aliphatic imine (C=N–C) groups is 1. The number of rotatable bonds is 3. The number of carbonyl (C=O) groups excluding carboxylic acids is 1. The van der Waals surface area contributed by atoms with Crippen molar-refractivity contribution >= 4 is 28.5 Å². The molecular formula is C13H17N3O2S. The van der Waals surface area contributed by atoms with Gasteiger partial charge >= 0.3 is 0 Å². The normalized spacial score (nSPS) is 19.4. The summed E-state index contributed by atoms with van der Waals surface area (Å²) < 4.78 is 0. The summed E-state index contributed by atoms with van der Waals surface area (Å²) in [7, 11) is 0. The number of aliphatic hydroxyl groups excluding tert-OH is 1. The Bertz CT molecular complexity index is 558. The molecule has 0 amide bonds. The van der Waals surface area contributed by atoms with Crippen LogP contribution in [0.3, 0.4) is 0 Å². The number of aromatic nitrogens is 2. The van der Waals surface area contributed by atoms with E-state index in [9.17, 15) is 9.90 Å². The summed E-state index contributed by atoms with van der Waals surface area (Å²) in [5.41, 5.74) is 0.115. The molecule has 6 heteroatoms. The number of aryl methyl sites for hydroxylation is 1. The van der Waals surface area contributed by atoms with Crippen LogP contribution in [0, 0.1) is 5.41 Å². The van der Waals surface area contributed by atoms with Crippen LogP contribution in [0.25, 0.3) is 0 Å². The average Bonchev–Trinajstić information content (AvgIpc) is 2.74. The van der Waals surface area contributed by atoms with Crippen molar-refractivity contribution < 1.29 is 9.90 Å². The number of hydrogen-bond acceptors (Lipinski definition) is 6. The van der Waals surface area contributed by atoms with Crippen molar-refractivity contribution in [2.45, 2.75) is 40.0 Å². The summed E-state index contributed by atoms with van der Waals surface area (Å²) in [6, 6.07) is 0. The summed E-state index contributed by atoms with van der Waals surface area (Å²) >= 11 is 1.39. The molecule has 0 saturated heterocycles. The molecular weight excluding hydrogens is 262 g/mol. The Morgan fingerprint density at radius 1 is 1.42 bits per heavy atom. The maximum absolute atomic E-state index is 12.0. The summed E-state index contributed by atoms with van der Waals surface area (Å²) in [6.45, 7) is 5.93. The minimum Gasteiger partial charge on any atom is -0.511 e. The van der Waals surface area contributed by atoms with Crippen LogP contribution in [0.2, 0.25) is 0 Å². The summed E-state index contributed by atoms with van der Waals surface area (Å²) in [6.07, 6.45) is 3.15. The summed E-state index contributed by atoms with van der Waals surface area (Å²) in [5.74, 6) is 0.0444. The Hall–Kier alpha value is -1.56. The minimum atomic E-state index is -0.184. The lowest BCUT2D eigenvalue weighted by Gasteiger charge is -2.28. The van der Waals surface area contributed by atoms with Gasteiger partial charge in [0.2, 0.25) is 5.13 Å². The SMILES string of the molecule is CCc1nnc(/N=C/C2=C(O)CC(C)(C)CC2=O)s1. The van der Waals surface area contributed by atoms with E-state index in [1.807, 2.05) is 20.8 Å². The third kappa shape index (κ3) is 3.26. The molecule has 1 aliphatic rings. The highest BCUT2D eigenvalue weighted by Gasteiger charge is 2.32. The van der Waals surface area contributed by atoms with Crippen LogP contribution in [0.4, 0.5) is 5.13 Å². The highest BCUT2D eigenvalue weighted by molar-refractivity contribution is 7.14. The molecule has 0 unspecified atom stereocenters. The van der Waals surface area contributed by atoms with E-state index in [1.165, 1.54) is 17.6 Å². The summed E-state index contributed by atoms with van der Waals surface area (Å²) in [5, 5.41) is 19.2. The van der Waals surface area contributed by atoms with Crippen LogP contribution in [-0.4, -0.2) is 27.3 Å². The fourth-order valence-electron chi connectivity index (χ4n) is 2.01. The van der Waals surface area contributed by atoms with Crippen molar-refractivity contribution in [1.82, 2.24) is 10.2 Å². The maximum Gasteiger partial charge on any atom is 0.231 e. The number of carbonyl (C=O) groups is 1. The number of Topliss-reactive ketones (excluding diaryl/α,β-unsaturated/α-hetero) is 1. The van der Waals surface area contributed by atoms with E-state index in [1.54, 1.807) is 0 Å². The first-order valence-corrected chi connectivity index (χ1v) is 7.05. The average molecular weight is 279 g/mol. The second-order valence-corrected chi connectivity index (χ2v) is 6.43. The lowest BCUT2D eigenvalue weighted by atomic mass is 9.77. The molecule has 1 aromatic rings. The van der Waals surface area contributed by atoms with Crippen LogP contribution >= 0.6 is 11.3 Å². The zero-order valence-electron chi connectivity index (χ0n) is 11.3. The molecule has 0 bridgehead atoms. The lowest BCUT2D eigenvalue weighted by molar-refractivity contribution is -0.117. The second kappa shape index (κ2) is 5.21. The van der Waals surface area contributed by atoms with Gasteiger partial charge < -0.3 is 5.11 Å². The topological polar surface area (TPSA) is 75.4 Å². The third-order valence-corrected chi connectivity index (χ3v) is 3.93. The Morgan fingerprint density at radius 2 is 2.16 bits per heavy atom. The van der Waals surface area contributed by atoms with Crippen molar-refractivity contribution in [3.63, 3.8) is 0 Å². The molecule has 2 rings (SSSR count). The van der Waals surface area contributed by atoms with Gasteiger partial charge in [0.1, 0.15) is 10.8 Å². The van der Waals surface area contributed by atoms with Gasteiger partial charge in [-0.15, -0.1) is 10.2 Å². The van der Waals surface area contributed by atoms with Crippen LogP contribution in [0.5, 0.6) is 0 Å². The quantitative estimate of drug-likeness (QED) is 0.863. The predicted molar refractivity (Wildman–Crippen MR) is 75.1 cm³/mol. The number of hydrogen-bond donors (Lipinski definition) is 1. The zero-order chi connectivity index (χ0) is 14.0. The van der Waals surface area contributed by atoms with E-state index in [4.69, 9.17) is 0 Å². The molecule has 0 aromatic carbocycles. The van der Waals surface area contributed by atoms with Crippen molar-refractivity contribution in [2.75, 3.05) is 0 Å². The Morgan fingerprint density at radius 3 is 2.74 bits per heavy atom. The van der Waals surface area contributed by atoms with E-state index in [2.05, 4.69) is 15.2 Å². The largest absolute Gasteiger partial charge is 0.511 e. The molecule has 0 atom stereocenters. The number of ketones is 1. The molecule has 0 fully saturated rings. The first kappa shape index (κ1) is 13.9. The molecule has 1 N–H and O–H groups in total. The first-order valence-electron chi connectivity index (χ1n) is 6.23. The van der Waals surface area contributed by atoms with E-state index < -0.39 is 0 Å². The van der Waals surface area contributed by atoms with Crippen LogP contribution in [-0.2, 0) is 11.2 Å². The highest BCUT2D eigenvalue weighted by Crippen LogP contribution is 2.35. The number of nitrogens with zero attached hydrogens (tertiary/aromatic N) is 3. The summed E-state index contributed by atoms with van der Waals surface area (Å²) in [4.78, 5) is 16.1. The van der Waals surface area contributed by atoms with E-state index in [0.29, 0.717) is 23.5 Å². The van der Waals surface area contributed by atoms with Crippen LogP contribution < -0.4 is 0 Å². The van der Waals surface area contributed by atoms with Gasteiger partial charge in [-0.1, -0.05) is 32.1 Å². The van der Waals surface area contributed by atoms with Gasteiger partial charge in [-0.3, -0.25) is 4.79 Å². The third-order valence-electron chi connectivity index (χ3n) is 2.96. The molecule has 0 aliphatic heterocycles. The van der Waals surface area contributed by atoms with Crippen LogP contribution in [0.1, 0.15) is 38.6 Å². The number of allylic oxidation sites excluding steroid dienone is 2. The number of aliphatic hydroxyl groups is 1. The van der Waals surface area contributed by atoms with Gasteiger partial charge in [-0.25, -0.2) is 4.99 Å². The molecule has 1 heterocycles. The Kier molecular flexibility index (Phi) is 3.80. The van der Waals surface area contributed by atoms with Crippen LogP contribution in [0.15, 0.2) is 16.3 Å². The Labute approximate surface area is 116 Å². The van der Waals surface area contributed by atoms with Gasteiger partial charge in [-0.2, -0.15) is 0 Å². The fourth-order valence-corrected chi connectivity index (χ4v) is 2.63. The molecule has 0 spiro atoms. The smallest absolute Gasteiger partial charge is 0.231 e. The van der Waals surface area contributed by atoms with E-state index >= 15 is 0 Å². The van der Waals surface area contributed by atoms with Gasteiger partial charge in [0.05, 0.1) is 5.57 Å². The van der Waals surface area contributed by atoms with Crippen molar-refractivity contribution in [3.05, 3.63) is 16.3 Å². The molecule has 0 saturated carbocycles. The first-order chi connectivity index (χ1) is 8.91. The van der Waals surface area contributed by atoms with Gasteiger partial charge in [0.15, 0.2) is 5.78 Å². The molecule has 1 aromatic heterocycles. The standard InChI is InChI=1S/C13H17N3O2S/c1-4-11-15-16-12(19-11)14-7-8-9(17)5-13(2,3)6-10(8)18/h7,17H,4-6H2,1-3H3/b14-7+. The molecule has 5 nitrogen and oxygen atoms in total. The van der Waals surface area contributed by atoms with Crippen molar-refractivity contribution in [3.8, 4) is 0 Å². The van der Waals surface area contributed by atoms with Crippen molar-refractivity contribution in [2.24, 2.45) is 10.4 Å². The predicted octanol–water partition coefficient (Wildman–Crippen LogP) is 3.00. The van der Waals surface area contributed by atoms with E-state index in [-0.39, 0.29) is 17.0 Å². The molecule has 19 heavy (non-hydrogen) atoms.